The predicted molar refractivity (Wildman–Crippen MR) is 91.9 cm³/mol. The van der Waals surface area contributed by atoms with E-state index in [2.05, 4.69) is 6.92 Å². The number of Topliss-reactive ketones (excluding diaryl/α,β-unsaturated/α-hetero) is 1. The smallest absolute Gasteiger partial charge is 0.133 e. The highest BCUT2D eigenvalue weighted by molar-refractivity contribution is 5.79. The molecule has 2 heteroatoms. The molecule has 4 aliphatic rings. The Morgan fingerprint density at radius 2 is 1.65 bits per heavy atom. The van der Waals surface area contributed by atoms with Gasteiger partial charge in [0, 0.05) is 5.92 Å². The Bertz CT molecular complexity index is 496. The van der Waals surface area contributed by atoms with Crippen molar-refractivity contribution in [3.63, 3.8) is 0 Å². The third-order valence-electron chi connectivity index (χ3n) is 8.73. The molecule has 4 saturated carbocycles. The summed E-state index contributed by atoms with van der Waals surface area (Å²) in [7, 11) is 0. The van der Waals surface area contributed by atoms with Crippen LogP contribution in [0.1, 0.15) is 78.6 Å². The van der Waals surface area contributed by atoms with Crippen LogP contribution in [0.4, 0.5) is 0 Å². The molecular weight excluding hydrogens is 284 g/mol. The lowest BCUT2D eigenvalue weighted by atomic mass is 9.49. The highest BCUT2D eigenvalue weighted by atomic mass is 16.3. The first-order valence-corrected chi connectivity index (χ1v) is 10.0. The van der Waals surface area contributed by atoms with E-state index in [9.17, 15) is 9.90 Å². The van der Waals surface area contributed by atoms with Gasteiger partial charge in [-0.2, -0.15) is 0 Å². The minimum atomic E-state index is -0.412. The van der Waals surface area contributed by atoms with Gasteiger partial charge in [0.2, 0.25) is 0 Å². The molecule has 2 nitrogen and oxygen atoms in total. The van der Waals surface area contributed by atoms with E-state index >= 15 is 0 Å². The van der Waals surface area contributed by atoms with E-state index in [0.717, 1.165) is 48.9 Å². The van der Waals surface area contributed by atoms with Crippen molar-refractivity contribution in [3.8, 4) is 0 Å². The van der Waals surface area contributed by atoms with Crippen LogP contribution in [-0.4, -0.2) is 16.5 Å². The summed E-state index contributed by atoms with van der Waals surface area (Å²) in [5.41, 5.74) is -0.121. The van der Waals surface area contributed by atoms with Gasteiger partial charge in [0.1, 0.15) is 5.78 Å². The average Bonchev–Trinajstić information content (AvgIpc) is 2.83. The summed E-state index contributed by atoms with van der Waals surface area (Å²) >= 11 is 0. The minimum Gasteiger partial charge on any atom is -0.390 e. The zero-order chi connectivity index (χ0) is 16.4. The summed E-state index contributed by atoms with van der Waals surface area (Å²) in [6.45, 7) is 6.30. The van der Waals surface area contributed by atoms with E-state index in [1.54, 1.807) is 0 Å². The molecule has 4 rings (SSSR count). The fraction of sp³-hybridized carbons (Fsp3) is 0.952. The Labute approximate surface area is 141 Å². The van der Waals surface area contributed by atoms with Crippen LogP contribution in [0.15, 0.2) is 0 Å². The molecule has 1 N–H and O–H groups in total. The summed E-state index contributed by atoms with van der Waals surface area (Å²) < 4.78 is 0. The van der Waals surface area contributed by atoms with Crippen molar-refractivity contribution in [3.05, 3.63) is 0 Å². The quantitative estimate of drug-likeness (QED) is 0.767. The molecule has 23 heavy (non-hydrogen) atoms. The highest BCUT2D eigenvalue weighted by Crippen LogP contribution is 2.64. The lowest BCUT2D eigenvalue weighted by Gasteiger charge is -2.56. The number of ketones is 1. The molecule has 4 fully saturated rings. The average molecular weight is 319 g/mol. The molecule has 0 bridgehead atoms. The Hall–Kier alpha value is -0.370. The zero-order valence-electron chi connectivity index (χ0n) is 15.2. The molecule has 0 aromatic rings. The first kappa shape index (κ1) is 16.1. The largest absolute Gasteiger partial charge is 0.390 e. The molecule has 0 radical (unpaired) electrons. The van der Waals surface area contributed by atoms with Gasteiger partial charge in [0.25, 0.3) is 0 Å². The van der Waals surface area contributed by atoms with Crippen LogP contribution in [0.2, 0.25) is 0 Å². The molecule has 0 aliphatic heterocycles. The van der Waals surface area contributed by atoms with E-state index in [0.29, 0.717) is 17.1 Å². The number of carbonyl (C=O) groups excluding carboxylic acids is 1. The second-order valence-electron chi connectivity index (χ2n) is 9.96. The molecule has 0 aromatic carbocycles. The first-order chi connectivity index (χ1) is 10.8. The summed E-state index contributed by atoms with van der Waals surface area (Å²) in [5.74, 6) is 4.92. The van der Waals surface area contributed by atoms with Gasteiger partial charge < -0.3 is 5.11 Å². The van der Waals surface area contributed by atoms with Gasteiger partial charge >= 0.3 is 0 Å². The van der Waals surface area contributed by atoms with Crippen molar-refractivity contribution in [1.82, 2.24) is 0 Å². The van der Waals surface area contributed by atoms with E-state index in [-0.39, 0.29) is 0 Å². The molecule has 4 aliphatic carbocycles. The molecular formula is C21H34O2. The van der Waals surface area contributed by atoms with E-state index in [1.807, 2.05) is 13.8 Å². The van der Waals surface area contributed by atoms with Crippen molar-refractivity contribution in [2.45, 2.75) is 84.2 Å². The number of hydrogen-bond donors (Lipinski definition) is 1. The third-order valence-corrected chi connectivity index (χ3v) is 8.73. The Morgan fingerprint density at radius 1 is 0.913 bits per heavy atom. The Morgan fingerprint density at radius 3 is 2.39 bits per heavy atom. The van der Waals surface area contributed by atoms with Crippen LogP contribution in [0, 0.1) is 40.9 Å². The number of carbonyl (C=O) groups is 1. The lowest BCUT2D eigenvalue weighted by Crippen LogP contribution is -2.50. The fourth-order valence-electron chi connectivity index (χ4n) is 7.75. The topological polar surface area (TPSA) is 37.3 Å². The molecule has 0 spiro atoms. The normalized spacial score (nSPS) is 55.7. The van der Waals surface area contributed by atoms with Gasteiger partial charge in [-0.1, -0.05) is 6.92 Å². The van der Waals surface area contributed by atoms with E-state index in [4.69, 9.17) is 0 Å². The van der Waals surface area contributed by atoms with Gasteiger partial charge in [0.15, 0.2) is 0 Å². The molecule has 0 aromatic heterocycles. The Balaban J connectivity index is 1.56. The summed E-state index contributed by atoms with van der Waals surface area (Å²) in [5, 5.41) is 10.5. The molecule has 0 unspecified atom stereocenters. The number of aliphatic hydroxyl groups is 1. The van der Waals surface area contributed by atoms with Crippen LogP contribution in [0.5, 0.6) is 0 Å². The van der Waals surface area contributed by atoms with E-state index in [1.165, 1.54) is 38.5 Å². The van der Waals surface area contributed by atoms with Crippen molar-refractivity contribution in [2.24, 2.45) is 40.9 Å². The molecule has 0 saturated heterocycles. The van der Waals surface area contributed by atoms with Crippen molar-refractivity contribution in [1.29, 1.82) is 0 Å². The number of hydrogen-bond acceptors (Lipinski definition) is 2. The molecule has 130 valence electrons. The van der Waals surface area contributed by atoms with Gasteiger partial charge in [-0.3, -0.25) is 4.79 Å². The predicted octanol–water partition coefficient (Wildman–Crippen LogP) is 4.60. The zero-order valence-corrected chi connectivity index (χ0v) is 15.2. The summed E-state index contributed by atoms with van der Waals surface area (Å²) in [6.07, 6.45) is 11.0. The number of fused-ring (bicyclic) bond motifs is 5. The van der Waals surface area contributed by atoms with Crippen LogP contribution < -0.4 is 0 Å². The van der Waals surface area contributed by atoms with Crippen LogP contribution in [-0.2, 0) is 4.79 Å². The second kappa shape index (κ2) is 5.31. The fourth-order valence-corrected chi connectivity index (χ4v) is 7.75. The second-order valence-corrected chi connectivity index (χ2v) is 9.96. The molecule has 0 amide bonds. The monoisotopic (exact) mass is 318 g/mol. The maximum absolute atomic E-state index is 12.1. The third kappa shape index (κ3) is 2.42. The van der Waals surface area contributed by atoms with Crippen LogP contribution >= 0.6 is 0 Å². The van der Waals surface area contributed by atoms with Gasteiger partial charge in [0.05, 0.1) is 5.60 Å². The maximum Gasteiger partial charge on any atom is 0.133 e. The van der Waals surface area contributed by atoms with Gasteiger partial charge in [-0.15, -0.1) is 0 Å². The van der Waals surface area contributed by atoms with E-state index < -0.39 is 5.60 Å². The van der Waals surface area contributed by atoms with Crippen molar-refractivity contribution < 1.29 is 9.90 Å². The minimum absolute atomic E-state index is 0.292. The molecule has 0 heterocycles. The highest BCUT2D eigenvalue weighted by Gasteiger charge is 2.58. The standard InChI is InChI=1S/C21H34O2/c1-13(22)18-6-7-19-17-5-4-14-12-20(2,23)10-8-15(14)16(17)9-11-21(18,19)3/h14-19,23H,4-12H2,1-3H3/t14-,15-,16+,17+,18+,19-,20-,21+/m0/s1. The van der Waals surface area contributed by atoms with Crippen LogP contribution in [0.3, 0.4) is 0 Å². The Kier molecular flexibility index (Phi) is 3.72. The number of rotatable bonds is 1. The molecule has 8 atom stereocenters. The first-order valence-electron chi connectivity index (χ1n) is 10.0. The van der Waals surface area contributed by atoms with Gasteiger partial charge in [-0.05, 0) is 107 Å². The SMILES string of the molecule is CC(=O)[C@H]1CC[C@H]2[C@@H]3CC[C@H]4C[C@@](C)(O)CC[C@@H]4[C@H]3CC[C@]12C. The van der Waals surface area contributed by atoms with Crippen molar-refractivity contribution in [2.75, 3.05) is 0 Å². The van der Waals surface area contributed by atoms with Crippen LogP contribution in [0.25, 0.3) is 0 Å². The summed E-state index contributed by atoms with van der Waals surface area (Å²) in [6, 6.07) is 0. The lowest BCUT2D eigenvalue weighted by molar-refractivity contribution is -0.130. The van der Waals surface area contributed by atoms with Crippen molar-refractivity contribution >= 4 is 5.78 Å². The maximum atomic E-state index is 12.1. The van der Waals surface area contributed by atoms with Gasteiger partial charge in [-0.25, -0.2) is 0 Å². The summed E-state index contributed by atoms with van der Waals surface area (Å²) in [4.78, 5) is 12.1.